The molecule has 2 aromatic rings. The smallest absolute Gasteiger partial charge is 0.204 e. The van der Waals surface area contributed by atoms with E-state index in [4.69, 9.17) is 14.2 Å². The molecule has 0 unspecified atom stereocenters. The van der Waals surface area contributed by atoms with E-state index >= 15 is 0 Å². The Morgan fingerprint density at radius 3 is 2.26 bits per heavy atom. The van der Waals surface area contributed by atoms with Gasteiger partial charge in [-0.2, -0.15) is 16.6 Å². The minimum Gasteiger partial charge on any atom is -0.493 e. The monoisotopic (exact) mass is 329 g/mol. The van der Waals surface area contributed by atoms with E-state index in [0.717, 1.165) is 0 Å². The number of nitrogens with zero attached hydrogens (tertiary/aromatic N) is 1. The van der Waals surface area contributed by atoms with Gasteiger partial charge in [-0.05, 0) is 35.2 Å². The number of carbonyl (C=O) groups is 1. The molecule has 1 heterocycles. The molecule has 0 aliphatic heterocycles. The fourth-order valence-corrected chi connectivity index (χ4v) is 2.69. The minimum atomic E-state index is -0.317. The highest BCUT2D eigenvalue weighted by Crippen LogP contribution is 2.38. The first kappa shape index (κ1) is 16.6. The summed E-state index contributed by atoms with van der Waals surface area (Å²) in [7, 11) is 4.52. The number of thiophene rings is 1. The number of hydrogen-bond donors (Lipinski definition) is 0. The number of Topliss-reactive ketones (excluding diaryl/α,β-unsaturated/α-hetero) is 1. The molecule has 0 atom stereocenters. The van der Waals surface area contributed by atoms with Crippen molar-refractivity contribution in [2.75, 3.05) is 21.3 Å². The molecular formula is C17H15NO4S. The molecule has 5 nitrogen and oxygen atoms in total. The van der Waals surface area contributed by atoms with Crippen LogP contribution >= 0.6 is 11.3 Å². The van der Waals surface area contributed by atoms with E-state index in [9.17, 15) is 10.1 Å². The highest BCUT2D eigenvalue weighted by molar-refractivity contribution is 7.08. The quantitative estimate of drug-likeness (QED) is 0.460. The lowest BCUT2D eigenvalue weighted by atomic mass is 10.0. The molecule has 0 aliphatic carbocycles. The second-order valence-electron chi connectivity index (χ2n) is 4.47. The third kappa shape index (κ3) is 3.52. The molecule has 0 fully saturated rings. The van der Waals surface area contributed by atoms with Crippen LogP contribution < -0.4 is 14.2 Å². The Kier molecular flexibility index (Phi) is 5.39. The number of hydrogen-bond acceptors (Lipinski definition) is 6. The van der Waals surface area contributed by atoms with Gasteiger partial charge in [0, 0.05) is 10.9 Å². The lowest BCUT2D eigenvalue weighted by molar-refractivity contribution is 0.104. The molecule has 0 N–H and O–H groups in total. The van der Waals surface area contributed by atoms with Crippen molar-refractivity contribution in [1.29, 1.82) is 5.26 Å². The van der Waals surface area contributed by atoms with Crippen LogP contribution in [-0.2, 0) is 0 Å². The Morgan fingerprint density at radius 2 is 1.83 bits per heavy atom. The number of methoxy groups -OCH3 is 3. The molecule has 0 saturated carbocycles. The van der Waals surface area contributed by atoms with Crippen LogP contribution in [0.3, 0.4) is 0 Å². The van der Waals surface area contributed by atoms with E-state index in [1.165, 1.54) is 38.7 Å². The van der Waals surface area contributed by atoms with Crippen LogP contribution in [0, 0.1) is 11.3 Å². The van der Waals surface area contributed by atoms with Crippen molar-refractivity contribution in [3.8, 4) is 23.3 Å². The van der Waals surface area contributed by atoms with Gasteiger partial charge in [-0.15, -0.1) is 0 Å². The molecule has 23 heavy (non-hydrogen) atoms. The second kappa shape index (κ2) is 7.47. The predicted molar refractivity (Wildman–Crippen MR) is 88.3 cm³/mol. The summed E-state index contributed by atoms with van der Waals surface area (Å²) in [6, 6.07) is 6.99. The van der Waals surface area contributed by atoms with Crippen molar-refractivity contribution in [2.45, 2.75) is 0 Å². The van der Waals surface area contributed by atoms with Crippen LogP contribution in [0.5, 0.6) is 17.2 Å². The number of allylic oxidation sites excluding steroid dienone is 1. The molecule has 2 rings (SSSR count). The van der Waals surface area contributed by atoms with Gasteiger partial charge in [0.1, 0.15) is 11.6 Å². The van der Waals surface area contributed by atoms with Crippen molar-refractivity contribution in [3.63, 3.8) is 0 Å². The van der Waals surface area contributed by atoms with Crippen LogP contribution in [0.25, 0.3) is 6.08 Å². The summed E-state index contributed by atoms with van der Waals surface area (Å²) in [6.07, 6.45) is 1.50. The molecule has 118 valence electrons. The van der Waals surface area contributed by atoms with Gasteiger partial charge in [0.25, 0.3) is 0 Å². The maximum absolute atomic E-state index is 12.3. The van der Waals surface area contributed by atoms with Crippen molar-refractivity contribution in [2.24, 2.45) is 0 Å². The van der Waals surface area contributed by atoms with Crippen LogP contribution in [0.1, 0.15) is 15.9 Å². The maximum Gasteiger partial charge on any atom is 0.204 e. The largest absolute Gasteiger partial charge is 0.493 e. The highest BCUT2D eigenvalue weighted by atomic mass is 32.1. The van der Waals surface area contributed by atoms with Crippen LogP contribution in [0.15, 0.2) is 34.5 Å². The predicted octanol–water partition coefficient (Wildman–Crippen LogP) is 3.56. The molecule has 0 radical (unpaired) electrons. The summed E-state index contributed by atoms with van der Waals surface area (Å²) in [6.45, 7) is 0. The van der Waals surface area contributed by atoms with Gasteiger partial charge in [0.2, 0.25) is 11.5 Å². The number of nitriles is 1. The average Bonchev–Trinajstić information content (AvgIpc) is 3.12. The van der Waals surface area contributed by atoms with Gasteiger partial charge in [-0.25, -0.2) is 0 Å². The maximum atomic E-state index is 12.3. The first-order chi connectivity index (χ1) is 11.1. The molecule has 0 aliphatic rings. The summed E-state index contributed by atoms with van der Waals surface area (Å²) >= 11 is 1.41. The Morgan fingerprint density at radius 1 is 1.17 bits per heavy atom. The highest BCUT2D eigenvalue weighted by Gasteiger charge is 2.16. The molecule has 0 bridgehead atoms. The molecule has 0 amide bonds. The molecule has 1 aromatic heterocycles. The zero-order valence-electron chi connectivity index (χ0n) is 13.0. The average molecular weight is 329 g/mol. The second-order valence-corrected chi connectivity index (χ2v) is 5.25. The Hall–Kier alpha value is -2.78. The van der Waals surface area contributed by atoms with E-state index in [2.05, 4.69) is 0 Å². The van der Waals surface area contributed by atoms with E-state index in [1.807, 2.05) is 6.07 Å². The van der Waals surface area contributed by atoms with Crippen molar-refractivity contribution < 1.29 is 19.0 Å². The normalized spacial score (nSPS) is 10.8. The summed E-state index contributed by atoms with van der Waals surface area (Å²) in [5.41, 5.74) is 1.15. The van der Waals surface area contributed by atoms with Crippen LogP contribution in [0.2, 0.25) is 0 Å². The molecule has 1 aromatic carbocycles. The Labute approximate surface area is 138 Å². The van der Waals surface area contributed by atoms with Gasteiger partial charge < -0.3 is 14.2 Å². The van der Waals surface area contributed by atoms with E-state index in [1.54, 1.807) is 29.0 Å². The van der Waals surface area contributed by atoms with Crippen molar-refractivity contribution >= 4 is 23.2 Å². The van der Waals surface area contributed by atoms with Gasteiger partial charge in [0.15, 0.2) is 11.5 Å². The number of benzene rings is 1. The van der Waals surface area contributed by atoms with E-state index in [-0.39, 0.29) is 11.4 Å². The van der Waals surface area contributed by atoms with Gasteiger partial charge in [-0.1, -0.05) is 0 Å². The zero-order chi connectivity index (χ0) is 16.8. The summed E-state index contributed by atoms with van der Waals surface area (Å²) in [5.74, 6) is 1.05. The lowest BCUT2D eigenvalue weighted by Gasteiger charge is -2.13. The minimum absolute atomic E-state index is 0.0395. The van der Waals surface area contributed by atoms with Crippen molar-refractivity contribution in [1.82, 2.24) is 0 Å². The van der Waals surface area contributed by atoms with Crippen molar-refractivity contribution in [3.05, 3.63) is 45.7 Å². The lowest BCUT2D eigenvalue weighted by Crippen LogP contribution is -2.00. The first-order valence-electron chi connectivity index (χ1n) is 6.63. The van der Waals surface area contributed by atoms with Gasteiger partial charge in [0.05, 0.1) is 21.3 Å². The fraction of sp³-hybridized carbons (Fsp3) is 0.176. The van der Waals surface area contributed by atoms with E-state index < -0.39 is 0 Å². The van der Waals surface area contributed by atoms with Gasteiger partial charge in [-0.3, -0.25) is 4.79 Å². The third-order valence-electron chi connectivity index (χ3n) is 3.15. The zero-order valence-corrected chi connectivity index (χ0v) is 13.8. The molecule has 6 heteroatoms. The molecule has 0 saturated heterocycles. The number of ether oxygens (including phenoxy) is 3. The summed E-state index contributed by atoms with van der Waals surface area (Å²) in [5, 5.41) is 12.8. The fourth-order valence-electron chi connectivity index (χ4n) is 2.05. The Bertz CT molecular complexity index is 747. The molecule has 0 spiro atoms. The SMILES string of the molecule is COc1cc(/C=C(\C#N)C(=O)c2ccsc2)cc(OC)c1OC. The summed E-state index contributed by atoms with van der Waals surface area (Å²) < 4.78 is 15.8. The number of ketones is 1. The van der Waals surface area contributed by atoms with E-state index in [0.29, 0.717) is 28.4 Å². The van der Waals surface area contributed by atoms with Crippen LogP contribution in [0.4, 0.5) is 0 Å². The number of rotatable bonds is 6. The summed E-state index contributed by atoms with van der Waals surface area (Å²) in [4.78, 5) is 12.3. The molecular weight excluding hydrogens is 314 g/mol. The van der Waals surface area contributed by atoms with Crippen LogP contribution in [-0.4, -0.2) is 27.1 Å². The topological polar surface area (TPSA) is 68.5 Å². The van der Waals surface area contributed by atoms with Gasteiger partial charge >= 0.3 is 0 Å². The Balaban J connectivity index is 2.48. The number of carbonyl (C=O) groups excluding carboxylic acids is 1. The third-order valence-corrected chi connectivity index (χ3v) is 3.83. The standard InChI is InChI=1S/C17H15NO4S/c1-20-14-7-11(8-15(21-2)17(14)22-3)6-13(9-18)16(19)12-4-5-23-10-12/h4-8,10H,1-3H3/b13-6+. The first-order valence-corrected chi connectivity index (χ1v) is 7.57.